The summed E-state index contributed by atoms with van der Waals surface area (Å²) in [5.74, 6) is 1.26. The molecule has 0 bridgehead atoms. The van der Waals surface area contributed by atoms with Crippen LogP contribution in [0.25, 0.3) is 21.9 Å². The molecule has 29 heavy (non-hydrogen) atoms. The molecule has 0 aliphatic carbocycles. The minimum atomic E-state index is 0.304. The summed E-state index contributed by atoms with van der Waals surface area (Å²) in [5.41, 5.74) is 2.89. The number of nitrogens with zero attached hydrogens (tertiary/aromatic N) is 2. The van der Waals surface area contributed by atoms with Crippen LogP contribution in [0.15, 0.2) is 41.0 Å². The fourth-order valence-corrected chi connectivity index (χ4v) is 3.40. The highest BCUT2D eigenvalue weighted by Crippen LogP contribution is 2.39. The highest BCUT2D eigenvalue weighted by Gasteiger charge is 2.18. The van der Waals surface area contributed by atoms with Crippen LogP contribution >= 0.6 is 11.6 Å². The average Bonchev–Trinajstić information content (AvgIpc) is 3.13. The quantitative estimate of drug-likeness (QED) is 0.408. The lowest BCUT2D eigenvalue weighted by Gasteiger charge is -2.16. The lowest BCUT2D eigenvalue weighted by molar-refractivity contribution is 0.294. The number of hydrogen-bond donors (Lipinski definition) is 2. The lowest BCUT2D eigenvalue weighted by Crippen LogP contribution is -2.05. The number of hydrogen-bond acceptors (Lipinski definition) is 7. The SMILES string of the molecule is CCCOc1nc(Nc2cccc3c(Cl)coc23)c2c(NC)c(OC)ccc2n1. The topological polar surface area (TPSA) is 81.4 Å². The maximum absolute atomic E-state index is 6.22. The van der Waals surface area contributed by atoms with Crippen molar-refractivity contribution >= 4 is 50.7 Å². The zero-order valence-corrected chi connectivity index (χ0v) is 17.1. The smallest absolute Gasteiger partial charge is 0.318 e. The maximum atomic E-state index is 6.22. The number of rotatable bonds is 7. The van der Waals surface area contributed by atoms with Gasteiger partial charge in [-0.2, -0.15) is 9.97 Å². The highest BCUT2D eigenvalue weighted by molar-refractivity contribution is 6.35. The molecule has 150 valence electrons. The normalized spacial score (nSPS) is 11.0. The molecule has 7 nitrogen and oxygen atoms in total. The average molecular weight is 413 g/mol. The minimum Gasteiger partial charge on any atom is -0.495 e. The molecule has 0 atom stereocenters. The largest absolute Gasteiger partial charge is 0.495 e. The van der Waals surface area contributed by atoms with E-state index in [-0.39, 0.29) is 0 Å². The molecule has 2 aromatic carbocycles. The van der Waals surface area contributed by atoms with Crippen LogP contribution in [0.4, 0.5) is 17.2 Å². The van der Waals surface area contributed by atoms with Crippen molar-refractivity contribution in [1.29, 1.82) is 0 Å². The van der Waals surface area contributed by atoms with Gasteiger partial charge in [-0.3, -0.25) is 0 Å². The Balaban J connectivity index is 1.92. The van der Waals surface area contributed by atoms with Crippen molar-refractivity contribution in [3.63, 3.8) is 0 Å². The van der Waals surface area contributed by atoms with Crippen molar-refractivity contribution in [3.05, 3.63) is 41.6 Å². The maximum Gasteiger partial charge on any atom is 0.318 e. The zero-order chi connectivity index (χ0) is 20.4. The Morgan fingerprint density at radius 2 is 2.03 bits per heavy atom. The van der Waals surface area contributed by atoms with E-state index in [2.05, 4.69) is 20.6 Å². The molecule has 0 fully saturated rings. The van der Waals surface area contributed by atoms with Crippen molar-refractivity contribution in [3.8, 4) is 11.8 Å². The van der Waals surface area contributed by atoms with Gasteiger partial charge in [0, 0.05) is 12.4 Å². The number of fused-ring (bicyclic) bond motifs is 2. The van der Waals surface area contributed by atoms with Gasteiger partial charge in [0.05, 0.1) is 41.0 Å². The van der Waals surface area contributed by atoms with Gasteiger partial charge in [0.2, 0.25) is 0 Å². The molecule has 0 aliphatic heterocycles. The Labute approximate surface area is 173 Å². The summed E-state index contributed by atoms with van der Waals surface area (Å²) in [6, 6.07) is 9.76. The molecular formula is C21H21ClN4O3. The second-order valence-corrected chi connectivity index (χ2v) is 6.79. The molecule has 8 heteroatoms. The predicted octanol–water partition coefficient (Wildman–Crippen LogP) is 5.61. The van der Waals surface area contributed by atoms with Crippen molar-refractivity contribution in [2.45, 2.75) is 13.3 Å². The van der Waals surface area contributed by atoms with Crippen LogP contribution in [0, 0.1) is 0 Å². The summed E-state index contributed by atoms with van der Waals surface area (Å²) in [6.45, 7) is 2.56. The standard InChI is InChI=1S/C21H21ClN4O3/c1-4-10-28-21-25-14-8-9-16(27-3)18(23-2)17(14)20(26-21)24-15-7-5-6-12-13(22)11-29-19(12)15/h5-9,11,23H,4,10H2,1-3H3,(H,24,25,26). The first kappa shape index (κ1) is 19.1. The van der Waals surface area contributed by atoms with Gasteiger partial charge in [-0.25, -0.2) is 0 Å². The van der Waals surface area contributed by atoms with Crippen LogP contribution in [0.3, 0.4) is 0 Å². The molecule has 2 heterocycles. The number of nitrogens with one attached hydrogen (secondary N) is 2. The Morgan fingerprint density at radius 3 is 2.79 bits per heavy atom. The van der Waals surface area contributed by atoms with E-state index in [1.54, 1.807) is 7.11 Å². The van der Waals surface area contributed by atoms with Gasteiger partial charge in [-0.1, -0.05) is 24.6 Å². The molecule has 2 N–H and O–H groups in total. The molecule has 0 saturated heterocycles. The summed E-state index contributed by atoms with van der Waals surface area (Å²) in [6.07, 6.45) is 2.38. The second kappa shape index (κ2) is 8.05. The third-order valence-electron chi connectivity index (χ3n) is 4.52. The van der Waals surface area contributed by atoms with Gasteiger partial charge in [0.25, 0.3) is 0 Å². The van der Waals surface area contributed by atoms with Gasteiger partial charge in [-0.15, -0.1) is 0 Å². The van der Waals surface area contributed by atoms with Crippen molar-refractivity contribution in [2.24, 2.45) is 0 Å². The van der Waals surface area contributed by atoms with E-state index in [9.17, 15) is 0 Å². The number of para-hydroxylation sites is 1. The molecular weight excluding hydrogens is 392 g/mol. The van der Waals surface area contributed by atoms with Crippen LogP contribution in [-0.4, -0.2) is 30.7 Å². The number of ether oxygens (including phenoxy) is 2. The van der Waals surface area contributed by atoms with Crippen LogP contribution in [-0.2, 0) is 0 Å². The van der Waals surface area contributed by atoms with E-state index in [0.717, 1.165) is 34.1 Å². The summed E-state index contributed by atoms with van der Waals surface area (Å²) in [7, 11) is 3.45. The van der Waals surface area contributed by atoms with Gasteiger partial charge < -0.3 is 24.5 Å². The molecule has 4 rings (SSSR count). The van der Waals surface area contributed by atoms with E-state index in [1.165, 1.54) is 6.26 Å². The van der Waals surface area contributed by atoms with E-state index < -0.39 is 0 Å². The minimum absolute atomic E-state index is 0.304. The van der Waals surface area contributed by atoms with Crippen molar-refractivity contribution in [2.75, 3.05) is 31.4 Å². The fourth-order valence-electron chi connectivity index (χ4n) is 3.20. The number of anilines is 3. The van der Waals surface area contributed by atoms with Gasteiger partial charge in [0.15, 0.2) is 5.58 Å². The molecule has 2 aromatic heterocycles. The van der Waals surface area contributed by atoms with Crippen molar-refractivity contribution in [1.82, 2.24) is 9.97 Å². The summed E-state index contributed by atoms with van der Waals surface area (Å²) in [4.78, 5) is 9.17. The van der Waals surface area contributed by atoms with Crippen LogP contribution in [0.5, 0.6) is 11.8 Å². The lowest BCUT2D eigenvalue weighted by atomic mass is 10.1. The van der Waals surface area contributed by atoms with E-state index >= 15 is 0 Å². The summed E-state index contributed by atoms with van der Waals surface area (Å²) in [5, 5.41) is 8.72. The molecule has 0 spiro atoms. The monoisotopic (exact) mass is 412 g/mol. The van der Waals surface area contributed by atoms with Crippen LogP contribution in [0.1, 0.15) is 13.3 Å². The van der Waals surface area contributed by atoms with Crippen molar-refractivity contribution < 1.29 is 13.9 Å². The van der Waals surface area contributed by atoms with Gasteiger partial charge in [0.1, 0.15) is 17.8 Å². The second-order valence-electron chi connectivity index (χ2n) is 6.38. The van der Waals surface area contributed by atoms with E-state index in [0.29, 0.717) is 34.8 Å². The van der Waals surface area contributed by atoms with Gasteiger partial charge in [-0.05, 0) is 30.7 Å². The molecule has 0 amide bonds. The Morgan fingerprint density at radius 1 is 1.17 bits per heavy atom. The third kappa shape index (κ3) is 3.49. The van der Waals surface area contributed by atoms with Crippen LogP contribution < -0.4 is 20.1 Å². The highest BCUT2D eigenvalue weighted by atomic mass is 35.5. The first-order chi connectivity index (χ1) is 14.2. The molecule has 4 aromatic rings. The fraction of sp³-hybridized carbons (Fsp3) is 0.238. The van der Waals surface area contributed by atoms with Crippen LogP contribution in [0.2, 0.25) is 5.02 Å². The van der Waals surface area contributed by atoms with E-state index in [4.69, 9.17) is 25.5 Å². The first-order valence-corrected chi connectivity index (χ1v) is 9.66. The number of halogens is 1. The third-order valence-corrected chi connectivity index (χ3v) is 4.81. The Hall–Kier alpha value is -3.19. The number of methoxy groups -OCH3 is 1. The number of furan rings is 1. The zero-order valence-electron chi connectivity index (χ0n) is 16.4. The molecule has 0 saturated carbocycles. The molecule has 0 unspecified atom stereocenters. The summed E-state index contributed by atoms with van der Waals surface area (Å²) >= 11 is 6.22. The molecule has 0 radical (unpaired) electrons. The Bertz CT molecular complexity index is 1180. The predicted molar refractivity (Wildman–Crippen MR) is 116 cm³/mol. The molecule has 0 aliphatic rings. The first-order valence-electron chi connectivity index (χ1n) is 9.28. The van der Waals surface area contributed by atoms with Gasteiger partial charge >= 0.3 is 6.01 Å². The number of aromatic nitrogens is 2. The summed E-state index contributed by atoms with van der Waals surface area (Å²) < 4.78 is 16.9. The van der Waals surface area contributed by atoms with E-state index in [1.807, 2.05) is 44.3 Å². The Kier molecular flexibility index (Phi) is 5.31. The number of benzene rings is 2.